The lowest BCUT2D eigenvalue weighted by Crippen LogP contribution is -2.17. The van der Waals surface area contributed by atoms with Crippen LogP contribution < -0.4 is 9.47 Å². The van der Waals surface area contributed by atoms with Crippen LogP contribution in [-0.2, 0) is 0 Å². The molecular formula is C24H35ClO4. The number of ether oxygens (including phenoxy) is 2. The Balaban J connectivity index is 1.96. The number of hydrogen-bond acceptors (Lipinski definition) is 4. The Morgan fingerprint density at radius 3 is 2.03 bits per heavy atom. The summed E-state index contributed by atoms with van der Waals surface area (Å²) in [6.45, 7) is 4.79. The monoisotopic (exact) mass is 422 g/mol. The maximum atomic E-state index is 10.1. The van der Waals surface area contributed by atoms with Crippen LogP contribution in [0.5, 0.6) is 11.5 Å². The third-order valence-electron chi connectivity index (χ3n) is 5.05. The van der Waals surface area contributed by atoms with Gasteiger partial charge in [0.15, 0.2) is 0 Å². The number of hydrogen-bond donors (Lipinski definition) is 2. The molecule has 2 N–H and O–H groups in total. The van der Waals surface area contributed by atoms with E-state index in [0.717, 1.165) is 62.1 Å². The van der Waals surface area contributed by atoms with E-state index in [1.165, 1.54) is 0 Å². The molecule has 4 nitrogen and oxygen atoms in total. The summed E-state index contributed by atoms with van der Waals surface area (Å²) >= 11 is 6.56. The van der Waals surface area contributed by atoms with Crippen molar-refractivity contribution in [1.29, 1.82) is 0 Å². The second-order valence-electron chi connectivity index (χ2n) is 7.68. The molecule has 0 aromatic heterocycles. The summed E-state index contributed by atoms with van der Waals surface area (Å²) < 4.78 is 11.5. The van der Waals surface area contributed by atoms with Gasteiger partial charge < -0.3 is 19.7 Å². The molecule has 0 radical (unpaired) electrons. The minimum atomic E-state index is -0.489. The summed E-state index contributed by atoms with van der Waals surface area (Å²) in [5.74, 6) is 1.23. The van der Waals surface area contributed by atoms with E-state index in [4.69, 9.17) is 21.1 Å². The van der Waals surface area contributed by atoms with Gasteiger partial charge in [-0.05, 0) is 36.4 Å². The van der Waals surface area contributed by atoms with Gasteiger partial charge in [-0.15, -0.1) is 0 Å². The Kier molecular flexibility index (Phi) is 10.6. The van der Waals surface area contributed by atoms with Gasteiger partial charge in [0.1, 0.15) is 24.7 Å². The van der Waals surface area contributed by atoms with E-state index in [1.54, 1.807) is 0 Å². The lowest BCUT2D eigenvalue weighted by molar-refractivity contribution is 0.0976. The zero-order valence-electron chi connectivity index (χ0n) is 17.7. The second-order valence-corrected chi connectivity index (χ2v) is 8.06. The zero-order chi connectivity index (χ0) is 21.1. The number of fused-ring (bicyclic) bond motifs is 1. The fourth-order valence-electron chi connectivity index (χ4n) is 3.25. The van der Waals surface area contributed by atoms with Crippen LogP contribution in [0.4, 0.5) is 0 Å². The van der Waals surface area contributed by atoms with Crippen molar-refractivity contribution in [3.05, 3.63) is 35.4 Å². The van der Waals surface area contributed by atoms with E-state index in [2.05, 4.69) is 13.8 Å². The van der Waals surface area contributed by atoms with E-state index in [-0.39, 0.29) is 13.2 Å². The van der Waals surface area contributed by atoms with E-state index < -0.39 is 12.2 Å². The molecule has 2 atom stereocenters. The molecule has 0 fully saturated rings. The molecule has 2 rings (SSSR count). The Bertz CT molecular complexity index is 729. The molecule has 0 bridgehead atoms. The first-order valence-corrected chi connectivity index (χ1v) is 11.3. The van der Waals surface area contributed by atoms with Crippen LogP contribution >= 0.6 is 11.6 Å². The number of benzene rings is 2. The van der Waals surface area contributed by atoms with Crippen LogP contribution in [-0.4, -0.2) is 35.6 Å². The first-order chi connectivity index (χ1) is 14.0. The van der Waals surface area contributed by atoms with Crippen molar-refractivity contribution in [3.8, 4) is 11.5 Å². The highest BCUT2D eigenvalue weighted by Crippen LogP contribution is 2.35. The fraction of sp³-hybridized carbons (Fsp3) is 0.583. The molecule has 0 heterocycles. The summed E-state index contributed by atoms with van der Waals surface area (Å²) in [4.78, 5) is 0. The van der Waals surface area contributed by atoms with Crippen molar-refractivity contribution in [2.75, 3.05) is 13.2 Å². The Labute approximate surface area is 179 Å². The molecule has 0 aliphatic carbocycles. The van der Waals surface area contributed by atoms with Crippen molar-refractivity contribution < 1.29 is 19.7 Å². The van der Waals surface area contributed by atoms with Crippen LogP contribution in [0.2, 0.25) is 5.02 Å². The van der Waals surface area contributed by atoms with Gasteiger partial charge in [0.2, 0.25) is 0 Å². The Hall–Kier alpha value is -1.49. The lowest BCUT2D eigenvalue weighted by Gasteiger charge is -2.15. The summed E-state index contributed by atoms with van der Waals surface area (Å²) in [5.41, 5.74) is 0. The molecular weight excluding hydrogens is 388 g/mol. The first-order valence-electron chi connectivity index (χ1n) is 10.9. The summed E-state index contributed by atoms with van der Waals surface area (Å²) in [6.07, 6.45) is 7.04. The summed E-state index contributed by atoms with van der Waals surface area (Å²) in [7, 11) is 0. The molecule has 0 spiro atoms. The van der Waals surface area contributed by atoms with Crippen LogP contribution in [0, 0.1) is 0 Å². The normalized spacial score (nSPS) is 13.4. The molecule has 0 aliphatic rings. The standard InChI is InChI=1S/C24H35ClO4/c1-3-5-7-9-19(26)16-28-21-13-11-18-12-14-23(24(25)22(18)15-21)29-17-20(27)10-8-6-4-2/h11-15,19-20,26-27H,3-10,16-17H2,1-2H3. The third kappa shape index (κ3) is 8.04. The van der Waals surface area contributed by atoms with E-state index >= 15 is 0 Å². The number of aliphatic hydroxyl groups is 2. The maximum Gasteiger partial charge on any atom is 0.138 e. The average molecular weight is 423 g/mol. The van der Waals surface area contributed by atoms with Crippen LogP contribution in [0.15, 0.2) is 30.3 Å². The molecule has 162 valence electrons. The highest BCUT2D eigenvalue weighted by Gasteiger charge is 2.12. The second kappa shape index (κ2) is 12.9. The van der Waals surface area contributed by atoms with Crippen LogP contribution in [0.3, 0.4) is 0 Å². The van der Waals surface area contributed by atoms with E-state index in [0.29, 0.717) is 16.5 Å². The minimum Gasteiger partial charge on any atom is -0.491 e. The Morgan fingerprint density at radius 2 is 1.41 bits per heavy atom. The summed E-state index contributed by atoms with van der Waals surface area (Å²) in [6, 6.07) is 9.49. The van der Waals surface area contributed by atoms with Gasteiger partial charge >= 0.3 is 0 Å². The highest BCUT2D eigenvalue weighted by atomic mass is 35.5. The molecule has 2 unspecified atom stereocenters. The maximum absolute atomic E-state index is 10.1. The minimum absolute atomic E-state index is 0.231. The molecule has 29 heavy (non-hydrogen) atoms. The molecule has 0 saturated carbocycles. The summed E-state index contributed by atoms with van der Waals surface area (Å²) in [5, 5.41) is 22.5. The van der Waals surface area contributed by atoms with Gasteiger partial charge in [-0.25, -0.2) is 0 Å². The molecule has 0 aliphatic heterocycles. The zero-order valence-corrected chi connectivity index (χ0v) is 18.5. The van der Waals surface area contributed by atoms with Gasteiger partial charge in [-0.1, -0.05) is 76.1 Å². The largest absolute Gasteiger partial charge is 0.491 e. The lowest BCUT2D eigenvalue weighted by atomic mass is 10.1. The SMILES string of the molecule is CCCCCC(O)COc1ccc2ccc(OCC(O)CCCCC)c(Cl)c2c1. The van der Waals surface area contributed by atoms with Gasteiger partial charge in [0.25, 0.3) is 0 Å². The topological polar surface area (TPSA) is 58.9 Å². The molecule has 0 amide bonds. The van der Waals surface area contributed by atoms with Gasteiger partial charge in [-0.3, -0.25) is 0 Å². The number of unbranched alkanes of at least 4 members (excludes halogenated alkanes) is 4. The molecule has 0 saturated heterocycles. The molecule has 5 heteroatoms. The highest BCUT2D eigenvalue weighted by molar-refractivity contribution is 6.37. The predicted octanol–water partition coefficient (Wildman–Crippen LogP) is 6.13. The smallest absolute Gasteiger partial charge is 0.138 e. The van der Waals surface area contributed by atoms with Crippen molar-refractivity contribution >= 4 is 22.4 Å². The van der Waals surface area contributed by atoms with Crippen molar-refractivity contribution in [1.82, 2.24) is 0 Å². The third-order valence-corrected chi connectivity index (χ3v) is 5.44. The molecule has 2 aromatic rings. The average Bonchev–Trinajstić information content (AvgIpc) is 2.72. The number of aliphatic hydroxyl groups excluding tert-OH is 2. The number of rotatable bonds is 14. The van der Waals surface area contributed by atoms with Gasteiger partial charge in [0.05, 0.1) is 17.2 Å². The van der Waals surface area contributed by atoms with Crippen molar-refractivity contribution in [2.45, 2.75) is 77.4 Å². The van der Waals surface area contributed by atoms with Crippen LogP contribution in [0.25, 0.3) is 10.8 Å². The van der Waals surface area contributed by atoms with Crippen LogP contribution in [0.1, 0.15) is 65.2 Å². The van der Waals surface area contributed by atoms with Crippen molar-refractivity contribution in [2.24, 2.45) is 0 Å². The number of halogens is 1. The Morgan fingerprint density at radius 1 is 0.828 bits per heavy atom. The van der Waals surface area contributed by atoms with Crippen molar-refractivity contribution in [3.63, 3.8) is 0 Å². The predicted molar refractivity (Wildman–Crippen MR) is 120 cm³/mol. The first kappa shape index (κ1) is 23.8. The van der Waals surface area contributed by atoms with E-state index in [1.807, 2.05) is 30.3 Å². The molecule has 2 aromatic carbocycles. The fourth-order valence-corrected chi connectivity index (χ4v) is 3.53. The quantitative estimate of drug-likeness (QED) is 0.359. The van der Waals surface area contributed by atoms with Gasteiger partial charge in [0, 0.05) is 5.39 Å². The van der Waals surface area contributed by atoms with E-state index in [9.17, 15) is 10.2 Å². The van der Waals surface area contributed by atoms with Gasteiger partial charge in [-0.2, -0.15) is 0 Å².